The maximum absolute atomic E-state index is 9.89. The normalized spacial score (nSPS) is 12.6. The third-order valence-electron chi connectivity index (χ3n) is 1.49. The van der Waals surface area contributed by atoms with E-state index in [4.69, 9.17) is 0 Å². The zero-order valence-corrected chi connectivity index (χ0v) is 6.68. The number of carbonyl (C=O) groups is 1. The van der Waals surface area contributed by atoms with Crippen LogP contribution in [0.3, 0.4) is 0 Å². The molecule has 1 atom stereocenters. The monoisotopic (exact) mass is 144 g/mol. The number of hydrogen-bond acceptors (Lipinski definition) is 2. The number of rotatable bonds is 6. The lowest BCUT2D eigenvalue weighted by Crippen LogP contribution is -2.35. The van der Waals surface area contributed by atoms with Crippen molar-refractivity contribution in [1.82, 2.24) is 10.6 Å². The predicted octanol–water partition coefficient (Wildman–Crippen LogP) is 0.120. The van der Waals surface area contributed by atoms with Gasteiger partial charge in [-0.05, 0) is 13.5 Å². The molecule has 0 saturated heterocycles. The molecule has 3 heteroatoms. The molecule has 10 heavy (non-hydrogen) atoms. The smallest absolute Gasteiger partial charge is 0.207 e. The second kappa shape index (κ2) is 6.55. The van der Waals surface area contributed by atoms with Crippen LogP contribution in [0.15, 0.2) is 0 Å². The summed E-state index contributed by atoms with van der Waals surface area (Å²) < 4.78 is 0. The molecule has 0 aromatic rings. The lowest BCUT2D eigenvalue weighted by Gasteiger charge is -2.13. The Morgan fingerprint density at radius 1 is 1.60 bits per heavy atom. The molecular formula is C7H16N2O. The standard InChI is InChI=1S/C7H16N2O/c1-3-4-7(8-2)5-9-6-10/h6-8H,3-5H2,1-2H3,(H,9,10). The van der Waals surface area contributed by atoms with E-state index in [1.165, 1.54) is 0 Å². The van der Waals surface area contributed by atoms with Crippen LogP contribution >= 0.6 is 0 Å². The van der Waals surface area contributed by atoms with Crippen molar-refractivity contribution < 1.29 is 4.79 Å². The van der Waals surface area contributed by atoms with E-state index in [-0.39, 0.29) is 0 Å². The van der Waals surface area contributed by atoms with Crippen LogP contribution in [0.2, 0.25) is 0 Å². The molecule has 0 spiro atoms. The Morgan fingerprint density at radius 2 is 2.30 bits per heavy atom. The first-order valence-corrected chi connectivity index (χ1v) is 3.69. The molecule has 0 aromatic heterocycles. The quantitative estimate of drug-likeness (QED) is 0.520. The highest BCUT2D eigenvalue weighted by molar-refractivity contribution is 5.45. The fourth-order valence-corrected chi connectivity index (χ4v) is 0.887. The molecule has 0 aliphatic heterocycles. The van der Waals surface area contributed by atoms with Crippen LogP contribution in [0.25, 0.3) is 0 Å². The minimum absolute atomic E-state index is 0.426. The molecule has 0 radical (unpaired) electrons. The molecule has 0 rings (SSSR count). The first-order valence-electron chi connectivity index (χ1n) is 3.69. The summed E-state index contributed by atoms with van der Waals surface area (Å²) in [6, 6.07) is 0.426. The topological polar surface area (TPSA) is 41.1 Å². The highest BCUT2D eigenvalue weighted by Gasteiger charge is 2.01. The van der Waals surface area contributed by atoms with E-state index < -0.39 is 0 Å². The number of hydrogen-bond donors (Lipinski definition) is 2. The fraction of sp³-hybridized carbons (Fsp3) is 0.857. The largest absolute Gasteiger partial charge is 0.357 e. The number of nitrogens with one attached hydrogen (secondary N) is 2. The van der Waals surface area contributed by atoms with E-state index in [0.717, 1.165) is 25.8 Å². The van der Waals surface area contributed by atoms with E-state index >= 15 is 0 Å². The van der Waals surface area contributed by atoms with Gasteiger partial charge in [0.2, 0.25) is 6.41 Å². The molecular weight excluding hydrogens is 128 g/mol. The average molecular weight is 144 g/mol. The summed E-state index contributed by atoms with van der Waals surface area (Å²) >= 11 is 0. The molecule has 0 aliphatic rings. The van der Waals surface area contributed by atoms with Crippen molar-refractivity contribution in [1.29, 1.82) is 0 Å². The minimum Gasteiger partial charge on any atom is -0.357 e. The lowest BCUT2D eigenvalue weighted by molar-refractivity contribution is -0.109. The van der Waals surface area contributed by atoms with Crippen LogP contribution in [0.1, 0.15) is 19.8 Å². The van der Waals surface area contributed by atoms with Gasteiger partial charge in [-0.15, -0.1) is 0 Å². The van der Waals surface area contributed by atoms with Crippen molar-refractivity contribution in [2.24, 2.45) is 0 Å². The molecule has 3 nitrogen and oxygen atoms in total. The molecule has 0 saturated carbocycles. The van der Waals surface area contributed by atoms with E-state index in [2.05, 4.69) is 17.6 Å². The van der Waals surface area contributed by atoms with Gasteiger partial charge in [0, 0.05) is 12.6 Å². The minimum atomic E-state index is 0.426. The highest BCUT2D eigenvalue weighted by atomic mass is 16.1. The van der Waals surface area contributed by atoms with Gasteiger partial charge in [-0.25, -0.2) is 0 Å². The maximum atomic E-state index is 9.89. The van der Waals surface area contributed by atoms with E-state index in [0.29, 0.717) is 6.04 Å². The van der Waals surface area contributed by atoms with Gasteiger partial charge in [0.1, 0.15) is 0 Å². The average Bonchev–Trinajstić information content (AvgIpc) is 1.98. The number of carbonyl (C=O) groups excluding carboxylic acids is 1. The summed E-state index contributed by atoms with van der Waals surface area (Å²) in [5.41, 5.74) is 0. The number of amides is 1. The van der Waals surface area contributed by atoms with E-state index in [1.807, 2.05) is 7.05 Å². The Kier molecular flexibility index (Phi) is 6.18. The van der Waals surface area contributed by atoms with Crippen LogP contribution < -0.4 is 10.6 Å². The summed E-state index contributed by atoms with van der Waals surface area (Å²) in [6.45, 7) is 2.86. The third-order valence-corrected chi connectivity index (χ3v) is 1.49. The Bertz CT molecular complexity index is 85.7. The molecule has 1 unspecified atom stereocenters. The van der Waals surface area contributed by atoms with Crippen molar-refractivity contribution in [3.05, 3.63) is 0 Å². The van der Waals surface area contributed by atoms with E-state index in [9.17, 15) is 4.79 Å². The van der Waals surface area contributed by atoms with Gasteiger partial charge in [0.15, 0.2) is 0 Å². The predicted molar refractivity (Wildman–Crippen MR) is 41.8 cm³/mol. The molecule has 0 fully saturated rings. The van der Waals surface area contributed by atoms with Crippen molar-refractivity contribution >= 4 is 6.41 Å². The summed E-state index contributed by atoms with van der Waals surface area (Å²) in [5.74, 6) is 0. The third kappa shape index (κ3) is 4.32. The zero-order chi connectivity index (χ0) is 7.82. The molecule has 0 aliphatic carbocycles. The molecule has 2 N–H and O–H groups in total. The van der Waals surface area contributed by atoms with Crippen LogP contribution in [0.4, 0.5) is 0 Å². The first kappa shape index (κ1) is 9.43. The van der Waals surface area contributed by atoms with Crippen LogP contribution in [0.5, 0.6) is 0 Å². The van der Waals surface area contributed by atoms with Gasteiger partial charge in [-0.1, -0.05) is 13.3 Å². The van der Waals surface area contributed by atoms with Gasteiger partial charge in [-0.2, -0.15) is 0 Å². The second-order valence-electron chi connectivity index (χ2n) is 2.30. The van der Waals surface area contributed by atoms with Gasteiger partial charge in [0.05, 0.1) is 0 Å². The van der Waals surface area contributed by atoms with Crippen LogP contribution in [-0.4, -0.2) is 26.0 Å². The zero-order valence-electron chi connectivity index (χ0n) is 6.68. The van der Waals surface area contributed by atoms with E-state index in [1.54, 1.807) is 0 Å². The van der Waals surface area contributed by atoms with Gasteiger partial charge >= 0.3 is 0 Å². The van der Waals surface area contributed by atoms with Crippen molar-refractivity contribution in [2.45, 2.75) is 25.8 Å². The SMILES string of the molecule is CCCC(CNC=O)NC. The maximum Gasteiger partial charge on any atom is 0.207 e. The lowest BCUT2D eigenvalue weighted by atomic mass is 10.2. The van der Waals surface area contributed by atoms with Crippen molar-refractivity contribution in [3.63, 3.8) is 0 Å². The molecule has 0 bridgehead atoms. The molecule has 1 amide bonds. The summed E-state index contributed by atoms with van der Waals surface area (Å²) in [5, 5.41) is 5.76. The molecule has 60 valence electrons. The molecule has 0 heterocycles. The van der Waals surface area contributed by atoms with Gasteiger partial charge in [-0.3, -0.25) is 4.79 Å². The Labute approximate surface area is 62.2 Å². The van der Waals surface area contributed by atoms with Crippen molar-refractivity contribution in [2.75, 3.05) is 13.6 Å². The highest BCUT2D eigenvalue weighted by Crippen LogP contribution is 1.92. The summed E-state index contributed by atoms with van der Waals surface area (Å²) in [4.78, 5) is 9.89. The van der Waals surface area contributed by atoms with Gasteiger partial charge < -0.3 is 10.6 Å². The van der Waals surface area contributed by atoms with Crippen molar-refractivity contribution in [3.8, 4) is 0 Å². The Balaban J connectivity index is 3.29. The van der Waals surface area contributed by atoms with Gasteiger partial charge in [0.25, 0.3) is 0 Å². The Morgan fingerprint density at radius 3 is 2.70 bits per heavy atom. The summed E-state index contributed by atoms with van der Waals surface area (Å²) in [6.07, 6.45) is 2.99. The molecule has 0 aromatic carbocycles. The number of likely N-dealkylation sites (N-methyl/N-ethyl adjacent to an activating group) is 1. The first-order chi connectivity index (χ1) is 4.85. The Hall–Kier alpha value is -0.570. The van der Waals surface area contributed by atoms with Crippen LogP contribution in [-0.2, 0) is 4.79 Å². The second-order valence-corrected chi connectivity index (χ2v) is 2.30. The van der Waals surface area contributed by atoms with Crippen LogP contribution in [0, 0.1) is 0 Å². The summed E-state index contributed by atoms with van der Waals surface area (Å²) in [7, 11) is 1.91. The fourth-order valence-electron chi connectivity index (χ4n) is 0.887.